The zero-order valence-electron chi connectivity index (χ0n) is 11.9. The van der Waals surface area contributed by atoms with Crippen LogP contribution in [0.2, 0.25) is 0 Å². The fraction of sp³-hybridized carbons (Fsp3) is 0.500. The van der Waals surface area contributed by atoms with Crippen LogP contribution in [0.15, 0.2) is 30.3 Å². The van der Waals surface area contributed by atoms with Crippen molar-refractivity contribution in [2.45, 2.75) is 6.42 Å². The maximum Gasteiger partial charge on any atom is 0.224 e. The van der Waals surface area contributed by atoms with E-state index >= 15 is 0 Å². The summed E-state index contributed by atoms with van der Waals surface area (Å²) in [6.07, 6.45) is 0.272. The topological polar surface area (TPSA) is 78.5 Å². The molecule has 0 aliphatic carbocycles. The SMILES string of the molecule is O=C(Cc1ccccc1)NCCS(=O)(=O)N1CCNCC1. The van der Waals surface area contributed by atoms with Crippen LogP contribution in [0.5, 0.6) is 0 Å². The lowest BCUT2D eigenvalue weighted by atomic mass is 10.1. The van der Waals surface area contributed by atoms with E-state index in [1.807, 2.05) is 30.3 Å². The molecule has 7 heteroatoms. The second-order valence-corrected chi connectivity index (χ2v) is 7.07. The molecule has 0 radical (unpaired) electrons. The Morgan fingerprint density at radius 1 is 1.19 bits per heavy atom. The highest BCUT2D eigenvalue weighted by Crippen LogP contribution is 2.03. The molecule has 0 unspecified atom stereocenters. The molecule has 1 saturated heterocycles. The normalized spacial score (nSPS) is 16.6. The summed E-state index contributed by atoms with van der Waals surface area (Å²) < 4.78 is 25.6. The Bertz CT molecular complexity index is 554. The third kappa shape index (κ3) is 5.11. The van der Waals surface area contributed by atoms with Gasteiger partial charge in [0.15, 0.2) is 0 Å². The van der Waals surface area contributed by atoms with E-state index < -0.39 is 10.0 Å². The molecule has 21 heavy (non-hydrogen) atoms. The van der Waals surface area contributed by atoms with Crippen molar-refractivity contribution in [2.75, 3.05) is 38.5 Å². The Kier molecular flexibility index (Phi) is 5.72. The maximum atomic E-state index is 12.1. The third-order valence-electron chi connectivity index (χ3n) is 3.36. The summed E-state index contributed by atoms with van der Waals surface area (Å²) in [4.78, 5) is 11.7. The fourth-order valence-electron chi connectivity index (χ4n) is 2.21. The van der Waals surface area contributed by atoms with Gasteiger partial charge in [-0.1, -0.05) is 30.3 Å². The summed E-state index contributed by atoms with van der Waals surface area (Å²) in [5.74, 6) is -0.204. The van der Waals surface area contributed by atoms with E-state index in [2.05, 4.69) is 10.6 Å². The molecule has 0 spiro atoms. The zero-order valence-corrected chi connectivity index (χ0v) is 12.7. The molecular weight excluding hydrogens is 290 g/mol. The summed E-state index contributed by atoms with van der Waals surface area (Å²) in [6.45, 7) is 2.51. The van der Waals surface area contributed by atoms with Crippen LogP contribution < -0.4 is 10.6 Å². The quantitative estimate of drug-likeness (QED) is 0.748. The van der Waals surface area contributed by atoms with Gasteiger partial charge in [-0.2, -0.15) is 4.31 Å². The van der Waals surface area contributed by atoms with Crippen LogP contribution in [0.4, 0.5) is 0 Å². The number of piperazine rings is 1. The van der Waals surface area contributed by atoms with E-state index in [9.17, 15) is 13.2 Å². The second-order valence-electron chi connectivity index (χ2n) is 4.98. The van der Waals surface area contributed by atoms with Gasteiger partial charge < -0.3 is 10.6 Å². The highest BCUT2D eigenvalue weighted by Gasteiger charge is 2.23. The Labute approximate surface area is 125 Å². The predicted octanol–water partition coefficient (Wildman–Crippen LogP) is -0.420. The van der Waals surface area contributed by atoms with Gasteiger partial charge in [-0.05, 0) is 5.56 Å². The number of hydrogen-bond acceptors (Lipinski definition) is 4. The monoisotopic (exact) mass is 311 g/mol. The average molecular weight is 311 g/mol. The summed E-state index contributed by atoms with van der Waals surface area (Å²) in [5, 5.41) is 5.78. The minimum Gasteiger partial charge on any atom is -0.355 e. The fourth-order valence-corrected chi connectivity index (χ4v) is 3.57. The van der Waals surface area contributed by atoms with Gasteiger partial charge in [0, 0.05) is 32.7 Å². The molecule has 1 aliphatic heterocycles. The summed E-state index contributed by atoms with van der Waals surface area (Å²) in [6, 6.07) is 9.38. The number of rotatable bonds is 6. The van der Waals surface area contributed by atoms with E-state index in [0.29, 0.717) is 26.2 Å². The molecule has 6 nitrogen and oxygen atoms in total. The molecule has 0 bridgehead atoms. The Morgan fingerprint density at radius 3 is 2.52 bits per heavy atom. The van der Waals surface area contributed by atoms with E-state index in [0.717, 1.165) is 5.56 Å². The first-order valence-electron chi connectivity index (χ1n) is 7.07. The number of hydrogen-bond donors (Lipinski definition) is 2. The second kappa shape index (κ2) is 7.53. The third-order valence-corrected chi connectivity index (χ3v) is 5.23. The van der Waals surface area contributed by atoms with Crippen LogP contribution in [0, 0.1) is 0 Å². The summed E-state index contributed by atoms with van der Waals surface area (Å²) >= 11 is 0. The first-order chi connectivity index (χ1) is 10.1. The molecule has 1 aliphatic rings. The highest BCUT2D eigenvalue weighted by atomic mass is 32.2. The van der Waals surface area contributed by atoms with Crippen molar-refractivity contribution >= 4 is 15.9 Å². The van der Waals surface area contributed by atoms with Crippen LogP contribution in [0.3, 0.4) is 0 Å². The number of carbonyl (C=O) groups is 1. The van der Waals surface area contributed by atoms with Crippen molar-refractivity contribution in [1.82, 2.24) is 14.9 Å². The molecule has 2 N–H and O–H groups in total. The lowest BCUT2D eigenvalue weighted by molar-refractivity contribution is -0.120. The lowest BCUT2D eigenvalue weighted by Gasteiger charge is -2.26. The van der Waals surface area contributed by atoms with Crippen LogP contribution in [-0.2, 0) is 21.2 Å². The van der Waals surface area contributed by atoms with E-state index in [-0.39, 0.29) is 24.6 Å². The largest absolute Gasteiger partial charge is 0.355 e. The van der Waals surface area contributed by atoms with Crippen molar-refractivity contribution < 1.29 is 13.2 Å². The molecular formula is C14H21N3O3S. The van der Waals surface area contributed by atoms with E-state index in [1.54, 1.807) is 0 Å². The number of benzene rings is 1. The van der Waals surface area contributed by atoms with Gasteiger partial charge in [0.2, 0.25) is 15.9 Å². The Morgan fingerprint density at radius 2 is 1.86 bits per heavy atom. The van der Waals surface area contributed by atoms with Gasteiger partial charge >= 0.3 is 0 Å². The molecule has 1 aromatic rings. The Balaban J connectivity index is 1.74. The predicted molar refractivity (Wildman–Crippen MR) is 81.4 cm³/mol. The van der Waals surface area contributed by atoms with E-state index in [4.69, 9.17) is 0 Å². The molecule has 116 valence electrons. The standard InChI is InChI=1S/C14H21N3O3S/c18-14(12-13-4-2-1-3-5-13)16-8-11-21(19,20)17-9-6-15-7-10-17/h1-5,15H,6-12H2,(H,16,18). The Hall–Kier alpha value is -1.44. The van der Waals surface area contributed by atoms with Gasteiger partial charge in [0.05, 0.1) is 12.2 Å². The van der Waals surface area contributed by atoms with Crippen LogP contribution in [0.25, 0.3) is 0 Å². The summed E-state index contributed by atoms with van der Waals surface area (Å²) in [5.41, 5.74) is 0.917. The molecule has 1 aromatic carbocycles. The van der Waals surface area contributed by atoms with Crippen molar-refractivity contribution in [1.29, 1.82) is 0 Å². The first-order valence-corrected chi connectivity index (χ1v) is 8.68. The molecule has 1 fully saturated rings. The molecule has 0 atom stereocenters. The number of amides is 1. The highest BCUT2D eigenvalue weighted by molar-refractivity contribution is 7.89. The lowest BCUT2D eigenvalue weighted by Crippen LogP contribution is -2.48. The van der Waals surface area contributed by atoms with Crippen LogP contribution in [-0.4, -0.2) is 57.1 Å². The van der Waals surface area contributed by atoms with Crippen LogP contribution >= 0.6 is 0 Å². The summed E-state index contributed by atoms with van der Waals surface area (Å²) in [7, 11) is -3.27. The van der Waals surface area contributed by atoms with Gasteiger partial charge in [0.25, 0.3) is 0 Å². The molecule has 0 aromatic heterocycles. The molecule has 1 heterocycles. The van der Waals surface area contributed by atoms with Crippen LogP contribution in [0.1, 0.15) is 5.56 Å². The number of carbonyl (C=O) groups excluding carboxylic acids is 1. The number of nitrogens with one attached hydrogen (secondary N) is 2. The minimum absolute atomic E-state index is 0.0481. The molecule has 1 amide bonds. The van der Waals surface area contributed by atoms with E-state index in [1.165, 1.54) is 4.31 Å². The number of nitrogens with zero attached hydrogens (tertiary/aromatic N) is 1. The van der Waals surface area contributed by atoms with Crippen molar-refractivity contribution in [2.24, 2.45) is 0 Å². The maximum absolute atomic E-state index is 12.1. The van der Waals surface area contributed by atoms with Crippen molar-refractivity contribution in [3.8, 4) is 0 Å². The van der Waals surface area contributed by atoms with Gasteiger partial charge in [-0.25, -0.2) is 8.42 Å². The minimum atomic E-state index is -3.27. The molecule has 0 saturated carbocycles. The van der Waals surface area contributed by atoms with Crippen molar-refractivity contribution in [3.63, 3.8) is 0 Å². The number of sulfonamides is 1. The van der Waals surface area contributed by atoms with Gasteiger partial charge in [-0.3, -0.25) is 4.79 Å². The average Bonchev–Trinajstić information content (AvgIpc) is 2.49. The van der Waals surface area contributed by atoms with Crippen molar-refractivity contribution in [3.05, 3.63) is 35.9 Å². The zero-order chi connectivity index (χ0) is 15.1. The first kappa shape index (κ1) is 15.9. The molecule has 2 rings (SSSR count). The smallest absolute Gasteiger partial charge is 0.224 e. The van der Waals surface area contributed by atoms with Gasteiger partial charge in [-0.15, -0.1) is 0 Å². The van der Waals surface area contributed by atoms with Gasteiger partial charge in [0.1, 0.15) is 0 Å².